The van der Waals surface area contributed by atoms with E-state index < -0.39 is 0 Å². The van der Waals surface area contributed by atoms with Crippen LogP contribution in [0, 0.1) is 12.8 Å². The third-order valence-corrected chi connectivity index (χ3v) is 6.16. The van der Waals surface area contributed by atoms with Gasteiger partial charge in [0.1, 0.15) is 0 Å². The molecule has 1 aliphatic carbocycles. The maximum Gasteiger partial charge on any atom is 0.253 e. The number of carbonyl (C=O) groups excluding carboxylic acids is 2. The van der Waals surface area contributed by atoms with Gasteiger partial charge in [-0.2, -0.15) is 11.8 Å². The Morgan fingerprint density at radius 2 is 2.00 bits per heavy atom. The third-order valence-electron chi connectivity index (χ3n) is 5.22. The first-order valence-corrected chi connectivity index (χ1v) is 10.2. The Hall–Kier alpha value is -1.24. The van der Waals surface area contributed by atoms with Crippen LogP contribution in [-0.2, 0) is 4.79 Å². The number of halogens is 1. The van der Waals surface area contributed by atoms with Crippen LogP contribution in [0.25, 0.3) is 0 Å². The van der Waals surface area contributed by atoms with E-state index in [1.165, 1.54) is 0 Å². The average molecular weight is 398 g/mol. The van der Waals surface area contributed by atoms with E-state index in [0.29, 0.717) is 12.0 Å². The molecule has 0 aromatic heterocycles. The number of thioether (sulfide) groups is 1. The first kappa shape index (κ1) is 21.1. The molecule has 1 heterocycles. The molecule has 0 spiro atoms. The largest absolute Gasteiger partial charge is 0.337 e. The Bertz CT molecular complexity index is 650. The SMILES string of the molecule is Cc1ccc(C(=O)N2CCSCC2)cc1NC(=O)C[C@@H]1CCC[C@H]1N.Cl. The summed E-state index contributed by atoms with van der Waals surface area (Å²) in [6.45, 7) is 3.53. The highest BCUT2D eigenvalue weighted by molar-refractivity contribution is 7.99. The number of hydrogen-bond acceptors (Lipinski definition) is 4. The predicted octanol–water partition coefficient (Wildman–Crippen LogP) is 3.06. The molecule has 2 amide bonds. The average Bonchev–Trinajstić information content (AvgIpc) is 3.01. The van der Waals surface area contributed by atoms with Crippen LogP contribution in [0.5, 0.6) is 0 Å². The van der Waals surface area contributed by atoms with Gasteiger partial charge in [-0.05, 0) is 43.4 Å². The van der Waals surface area contributed by atoms with Crippen LogP contribution in [-0.4, -0.2) is 47.4 Å². The van der Waals surface area contributed by atoms with Crippen molar-refractivity contribution in [3.8, 4) is 0 Å². The van der Waals surface area contributed by atoms with Crippen LogP contribution in [0.15, 0.2) is 18.2 Å². The molecule has 0 radical (unpaired) electrons. The maximum atomic E-state index is 12.7. The number of rotatable bonds is 4. The van der Waals surface area contributed by atoms with Gasteiger partial charge in [0.2, 0.25) is 5.91 Å². The lowest BCUT2D eigenvalue weighted by molar-refractivity contribution is -0.117. The molecular formula is C19H28ClN3O2S. The van der Waals surface area contributed by atoms with Gasteiger partial charge in [-0.25, -0.2) is 0 Å². The molecule has 7 heteroatoms. The van der Waals surface area contributed by atoms with Crippen molar-refractivity contribution in [2.24, 2.45) is 11.7 Å². The molecule has 3 N–H and O–H groups in total. The van der Waals surface area contributed by atoms with E-state index in [2.05, 4.69) is 5.32 Å². The molecule has 1 aromatic carbocycles. The minimum Gasteiger partial charge on any atom is -0.337 e. The van der Waals surface area contributed by atoms with E-state index in [-0.39, 0.29) is 36.2 Å². The van der Waals surface area contributed by atoms with Crippen LogP contribution in [0.3, 0.4) is 0 Å². The molecule has 1 aromatic rings. The Labute approximate surface area is 165 Å². The van der Waals surface area contributed by atoms with Crippen molar-refractivity contribution >= 4 is 41.7 Å². The van der Waals surface area contributed by atoms with Gasteiger partial charge in [0.05, 0.1) is 0 Å². The number of carbonyl (C=O) groups is 2. The molecular weight excluding hydrogens is 370 g/mol. The van der Waals surface area contributed by atoms with E-state index in [0.717, 1.165) is 55.1 Å². The van der Waals surface area contributed by atoms with E-state index in [9.17, 15) is 9.59 Å². The maximum absolute atomic E-state index is 12.7. The summed E-state index contributed by atoms with van der Waals surface area (Å²) in [5, 5.41) is 2.99. The topological polar surface area (TPSA) is 75.4 Å². The van der Waals surface area contributed by atoms with Crippen molar-refractivity contribution in [1.29, 1.82) is 0 Å². The Balaban J connectivity index is 0.00000243. The molecule has 1 aliphatic heterocycles. The van der Waals surface area contributed by atoms with E-state index in [4.69, 9.17) is 5.73 Å². The van der Waals surface area contributed by atoms with Crippen molar-refractivity contribution in [2.45, 2.75) is 38.6 Å². The second kappa shape index (κ2) is 9.62. The summed E-state index contributed by atoms with van der Waals surface area (Å²) in [7, 11) is 0. The standard InChI is InChI=1S/C19H27N3O2S.ClH/c1-13-5-6-15(19(24)22-7-9-25-10-8-22)11-17(13)21-18(23)12-14-3-2-4-16(14)20;/h5-6,11,14,16H,2-4,7-10,12,20H2,1H3,(H,21,23);1H/t14-,16+;/m0./s1. The number of amides is 2. The monoisotopic (exact) mass is 397 g/mol. The van der Waals surface area contributed by atoms with E-state index >= 15 is 0 Å². The summed E-state index contributed by atoms with van der Waals surface area (Å²) >= 11 is 1.88. The van der Waals surface area contributed by atoms with Gasteiger partial charge in [-0.1, -0.05) is 12.5 Å². The lowest BCUT2D eigenvalue weighted by Crippen LogP contribution is -2.37. The number of aryl methyl sites for hydroxylation is 1. The van der Waals surface area contributed by atoms with Gasteiger partial charge in [0, 0.05) is 48.3 Å². The number of benzene rings is 1. The molecule has 2 atom stereocenters. The number of nitrogens with two attached hydrogens (primary N) is 1. The molecule has 2 aliphatic rings. The Kier molecular flexibility index (Phi) is 7.80. The summed E-state index contributed by atoms with van der Waals surface area (Å²) in [5.41, 5.74) is 8.41. The molecule has 5 nitrogen and oxygen atoms in total. The number of nitrogens with zero attached hydrogens (tertiary/aromatic N) is 1. The fraction of sp³-hybridized carbons (Fsp3) is 0.579. The summed E-state index contributed by atoms with van der Waals surface area (Å²) < 4.78 is 0. The van der Waals surface area contributed by atoms with Crippen LogP contribution in [0.1, 0.15) is 41.6 Å². The fourth-order valence-corrected chi connectivity index (χ4v) is 4.50. The predicted molar refractivity (Wildman–Crippen MR) is 110 cm³/mol. The van der Waals surface area contributed by atoms with Crippen molar-refractivity contribution in [3.05, 3.63) is 29.3 Å². The lowest BCUT2D eigenvalue weighted by Gasteiger charge is -2.26. The van der Waals surface area contributed by atoms with Crippen molar-refractivity contribution < 1.29 is 9.59 Å². The molecule has 0 bridgehead atoms. The highest BCUT2D eigenvalue weighted by atomic mass is 35.5. The highest BCUT2D eigenvalue weighted by Gasteiger charge is 2.26. The quantitative estimate of drug-likeness (QED) is 0.818. The van der Waals surface area contributed by atoms with Crippen molar-refractivity contribution in [1.82, 2.24) is 4.90 Å². The zero-order valence-corrected chi connectivity index (χ0v) is 16.8. The Morgan fingerprint density at radius 1 is 1.27 bits per heavy atom. The minimum atomic E-state index is -0.00979. The fourth-order valence-electron chi connectivity index (χ4n) is 3.60. The first-order chi connectivity index (χ1) is 12.0. The number of nitrogens with one attached hydrogen (secondary N) is 1. The minimum absolute atomic E-state index is 0. The molecule has 0 unspecified atom stereocenters. The van der Waals surface area contributed by atoms with Crippen LogP contribution < -0.4 is 11.1 Å². The van der Waals surface area contributed by atoms with Crippen LogP contribution in [0.2, 0.25) is 0 Å². The molecule has 1 saturated heterocycles. The van der Waals surface area contributed by atoms with Crippen molar-refractivity contribution in [2.75, 3.05) is 29.9 Å². The summed E-state index contributed by atoms with van der Waals surface area (Å²) in [5.74, 6) is 2.29. The van der Waals surface area contributed by atoms with Crippen LogP contribution in [0.4, 0.5) is 5.69 Å². The van der Waals surface area contributed by atoms with Crippen molar-refractivity contribution in [3.63, 3.8) is 0 Å². The molecule has 3 rings (SSSR count). The van der Waals surface area contributed by atoms with Gasteiger partial charge < -0.3 is 16.0 Å². The van der Waals surface area contributed by atoms with Gasteiger partial charge in [0.15, 0.2) is 0 Å². The molecule has 144 valence electrons. The van der Waals surface area contributed by atoms with Gasteiger partial charge in [-0.3, -0.25) is 9.59 Å². The lowest BCUT2D eigenvalue weighted by atomic mass is 9.99. The number of anilines is 1. The van der Waals surface area contributed by atoms with Gasteiger partial charge >= 0.3 is 0 Å². The van der Waals surface area contributed by atoms with E-state index in [1.54, 1.807) is 0 Å². The Morgan fingerprint density at radius 3 is 2.65 bits per heavy atom. The number of hydrogen-bond donors (Lipinski definition) is 2. The molecule has 26 heavy (non-hydrogen) atoms. The summed E-state index contributed by atoms with van der Waals surface area (Å²) in [6, 6.07) is 5.70. The highest BCUT2D eigenvalue weighted by Crippen LogP contribution is 2.27. The summed E-state index contributed by atoms with van der Waals surface area (Å²) in [4.78, 5) is 26.9. The third kappa shape index (κ3) is 5.15. The zero-order chi connectivity index (χ0) is 17.8. The first-order valence-electron chi connectivity index (χ1n) is 9.07. The second-order valence-corrected chi connectivity index (χ2v) is 8.27. The zero-order valence-electron chi connectivity index (χ0n) is 15.2. The second-order valence-electron chi connectivity index (χ2n) is 7.04. The molecule has 1 saturated carbocycles. The van der Waals surface area contributed by atoms with Gasteiger partial charge in [0.25, 0.3) is 5.91 Å². The van der Waals surface area contributed by atoms with Gasteiger partial charge in [-0.15, -0.1) is 12.4 Å². The smallest absolute Gasteiger partial charge is 0.253 e. The molecule has 2 fully saturated rings. The summed E-state index contributed by atoms with van der Waals surface area (Å²) in [6.07, 6.45) is 3.60. The normalized spacial score (nSPS) is 22.6. The van der Waals surface area contributed by atoms with Crippen LogP contribution >= 0.6 is 24.2 Å². The van der Waals surface area contributed by atoms with E-state index in [1.807, 2.05) is 41.8 Å².